The number of hydrogen-bond donors (Lipinski definition) is 1. The van der Waals surface area contributed by atoms with E-state index in [1.807, 2.05) is 29.7 Å². The van der Waals surface area contributed by atoms with E-state index in [9.17, 15) is 18.0 Å². The van der Waals surface area contributed by atoms with Crippen molar-refractivity contribution in [2.45, 2.75) is 24.8 Å². The van der Waals surface area contributed by atoms with E-state index < -0.39 is 17.6 Å². The smallest absolute Gasteiger partial charge is 0.418 e. The molecule has 2 aromatic carbocycles. The van der Waals surface area contributed by atoms with Crippen LogP contribution in [0.2, 0.25) is 0 Å². The van der Waals surface area contributed by atoms with Gasteiger partial charge in [0.15, 0.2) is 16.7 Å². The van der Waals surface area contributed by atoms with Crippen LogP contribution in [0.15, 0.2) is 53.8 Å². The molecule has 3 aromatic rings. The Hall–Kier alpha value is -3.14. The van der Waals surface area contributed by atoms with Gasteiger partial charge in [-0.25, -0.2) is 4.98 Å². The molecule has 168 valence electrons. The normalized spacial score (nSPS) is 13.1. The van der Waals surface area contributed by atoms with E-state index in [0.29, 0.717) is 36.4 Å². The molecule has 0 atom stereocenters. The lowest BCUT2D eigenvalue weighted by atomic mass is 10.1. The number of fused-ring (bicyclic) bond motifs is 1. The number of carbonyl (C=O) groups is 1. The van der Waals surface area contributed by atoms with Crippen molar-refractivity contribution in [1.29, 1.82) is 0 Å². The molecule has 0 fully saturated rings. The Labute approximate surface area is 186 Å². The third-order valence-electron chi connectivity index (χ3n) is 4.81. The second kappa shape index (κ2) is 9.15. The zero-order valence-electron chi connectivity index (χ0n) is 17.1. The quantitative estimate of drug-likeness (QED) is 0.516. The number of halogens is 3. The van der Waals surface area contributed by atoms with Crippen LogP contribution >= 0.6 is 11.8 Å². The number of benzene rings is 2. The average Bonchev–Trinajstić information content (AvgIpc) is 3.20. The van der Waals surface area contributed by atoms with Gasteiger partial charge in [0, 0.05) is 12.1 Å². The van der Waals surface area contributed by atoms with E-state index in [1.54, 1.807) is 6.20 Å². The molecule has 0 aliphatic carbocycles. The topological polar surface area (TPSA) is 65.4 Å². The predicted molar refractivity (Wildman–Crippen MR) is 115 cm³/mol. The fourth-order valence-electron chi connectivity index (χ4n) is 3.37. The van der Waals surface area contributed by atoms with Crippen molar-refractivity contribution in [1.82, 2.24) is 9.55 Å². The molecule has 1 amide bonds. The fraction of sp³-hybridized carbons (Fsp3) is 0.273. The van der Waals surface area contributed by atoms with Crippen LogP contribution in [0, 0.1) is 0 Å². The first-order chi connectivity index (χ1) is 15.4. The van der Waals surface area contributed by atoms with Gasteiger partial charge in [-0.3, -0.25) is 4.79 Å². The molecule has 0 bridgehead atoms. The molecular weight excluding hydrogens is 443 g/mol. The summed E-state index contributed by atoms with van der Waals surface area (Å²) >= 11 is 1.16. The number of nitrogens with zero attached hydrogens (tertiary/aromatic N) is 2. The molecule has 0 unspecified atom stereocenters. The minimum atomic E-state index is -4.55. The maximum atomic E-state index is 13.1. The van der Waals surface area contributed by atoms with Crippen LogP contribution in [0.3, 0.4) is 0 Å². The van der Waals surface area contributed by atoms with Crippen LogP contribution in [0.25, 0.3) is 11.3 Å². The molecule has 2 heterocycles. The van der Waals surface area contributed by atoms with Gasteiger partial charge in [-0.15, -0.1) is 0 Å². The van der Waals surface area contributed by atoms with Crippen molar-refractivity contribution in [2.24, 2.45) is 0 Å². The Morgan fingerprint density at radius 1 is 1.16 bits per heavy atom. The first kappa shape index (κ1) is 22.1. The number of hydrogen-bond acceptors (Lipinski definition) is 5. The van der Waals surface area contributed by atoms with E-state index in [0.717, 1.165) is 29.1 Å². The highest BCUT2D eigenvalue weighted by Gasteiger charge is 2.33. The number of alkyl halides is 3. The highest BCUT2D eigenvalue weighted by Crippen LogP contribution is 2.36. The number of imidazole rings is 1. The molecule has 0 saturated carbocycles. The average molecular weight is 463 g/mol. The molecule has 1 aliphatic rings. The van der Waals surface area contributed by atoms with Crippen LogP contribution < -0.4 is 14.8 Å². The Morgan fingerprint density at radius 2 is 1.91 bits per heavy atom. The number of thioether (sulfide) groups is 1. The number of anilines is 1. The van der Waals surface area contributed by atoms with Gasteiger partial charge >= 0.3 is 6.18 Å². The van der Waals surface area contributed by atoms with Gasteiger partial charge in [0.25, 0.3) is 0 Å². The molecule has 0 saturated heterocycles. The van der Waals surface area contributed by atoms with Gasteiger partial charge < -0.3 is 19.4 Å². The van der Waals surface area contributed by atoms with E-state index in [2.05, 4.69) is 10.3 Å². The van der Waals surface area contributed by atoms with Gasteiger partial charge in [-0.1, -0.05) is 23.9 Å². The predicted octanol–water partition coefficient (Wildman–Crippen LogP) is 5.09. The van der Waals surface area contributed by atoms with E-state index in [-0.39, 0.29) is 11.4 Å². The second-order valence-electron chi connectivity index (χ2n) is 6.91. The first-order valence-electron chi connectivity index (χ1n) is 9.91. The number of nitrogens with one attached hydrogen (secondary N) is 1. The Morgan fingerprint density at radius 3 is 2.66 bits per heavy atom. The summed E-state index contributed by atoms with van der Waals surface area (Å²) in [6.07, 6.45) is -2.85. The fourth-order valence-corrected chi connectivity index (χ4v) is 4.21. The molecular formula is C22H20F3N3O3S. The molecule has 0 spiro atoms. The molecule has 1 N–H and O–H groups in total. The third-order valence-corrected chi connectivity index (χ3v) is 5.80. The maximum Gasteiger partial charge on any atom is 0.418 e. The molecule has 4 rings (SSSR count). The molecule has 32 heavy (non-hydrogen) atoms. The minimum Gasteiger partial charge on any atom is -0.486 e. The highest BCUT2D eigenvalue weighted by atomic mass is 32.2. The monoisotopic (exact) mass is 463 g/mol. The molecule has 6 nitrogen and oxygen atoms in total. The van der Waals surface area contributed by atoms with Crippen molar-refractivity contribution in [2.75, 3.05) is 24.3 Å². The number of amides is 1. The van der Waals surface area contributed by atoms with Crippen molar-refractivity contribution >= 4 is 23.4 Å². The lowest BCUT2D eigenvalue weighted by Crippen LogP contribution is -2.18. The van der Waals surface area contributed by atoms with Crippen molar-refractivity contribution in [3.8, 4) is 22.8 Å². The van der Waals surface area contributed by atoms with Crippen LogP contribution in [-0.2, 0) is 17.5 Å². The van der Waals surface area contributed by atoms with Gasteiger partial charge in [0.05, 0.1) is 28.9 Å². The van der Waals surface area contributed by atoms with Crippen LogP contribution in [0.1, 0.15) is 12.5 Å². The van der Waals surface area contributed by atoms with Gasteiger partial charge in [-0.2, -0.15) is 13.2 Å². The van der Waals surface area contributed by atoms with Crippen molar-refractivity contribution in [3.63, 3.8) is 0 Å². The van der Waals surface area contributed by atoms with E-state index in [4.69, 9.17) is 9.47 Å². The summed E-state index contributed by atoms with van der Waals surface area (Å²) in [5.41, 5.74) is 0.588. The highest BCUT2D eigenvalue weighted by molar-refractivity contribution is 7.99. The SMILES string of the molecule is CCn1c(-c2ccc3c(c2)OCCO3)cnc1SCC(=O)Nc1ccccc1C(F)(F)F. The summed E-state index contributed by atoms with van der Waals surface area (Å²) < 4.78 is 52.5. The number of rotatable bonds is 6. The Bertz CT molecular complexity index is 1130. The number of ether oxygens (including phenoxy) is 2. The van der Waals surface area contributed by atoms with E-state index in [1.165, 1.54) is 18.2 Å². The first-order valence-corrected chi connectivity index (χ1v) is 10.9. The lowest BCUT2D eigenvalue weighted by Gasteiger charge is -2.19. The second-order valence-corrected chi connectivity index (χ2v) is 7.85. The molecule has 1 aromatic heterocycles. The van der Waals surface area contributed by atoms with Crippen LogP contribution in [-0.4, -0.2) is 34.4 Å². The summed E-state index contributed by atoms with van der Waals surface area (Å²) in [4.78, 5) is 16.7. The Balaban J connectivity index is 1.47. The largest absolute Gasteiger partial charge is 0.486 e. The lowest BCUT2D eigenvalue weighted by molar-refractivity contribution is -0.137. The molecule has 10 heteroatoms. The molecule has 0 radical (unpaired) electrons. The zero-order chi connectivity index (χ0) is 22.7. The van der Waals surface area contributed by atoms with Crippen molar-refractivity contribution < 1.29 is 27.4 Å². The number of carbonyl (C=O) groups excluding carboxylic acids is 1. The number of aromatic nitrogens is 2. The summed E-state index contributed by atoms with van der Waals surface area (Å²) in [6.45, 7) is 3.55. The summed E-state index contributed by atoms with van der Waals surface area (Å²) in [6, 6.07) is 10.5. The van der Waals surface area contributed by atoms with Gasteiger partial charge in [-0.05, 0) is 37.3 Å². The minimum absolute atomic E-state index is 0.0796. The van der Waals surface area contributed by atoms with Crippen LogP contribution in [0.4, 0.5) is 18.9 Å². The van der Waals surface area contributed by atoms with E-state index >= 15 is 0 Å². The summed E-state index contributed by atoms with van der Waals surface area (Å²) in [5, 5.41) is 2.94. The Kier molecular flexibility index (Phi) is 6.31. The summed E-state index contributed by atoms with van der Waals surface area (Å²) in [5.74, 6) is 0.727. The van der Waals surface area contributed by atoms with Gasteiger partial charge in [0.2, 0.25) is 5.91 Å². The molecule has 1 aliphatic heterocycles. The van der Waals surface area contributed by atoms with Crippen molar-refractivity contribution in [3.05, 3.63) is 54.2 Å². The zero-order valence-corrected chi connectivity index (χ0v) is 17.9. The third kappa shape index (κ3) is 4.69. The summed E-state index contributed by atoms with van der Waals surface area (Å²) in [7, 11) is 0. The number of para-hydroxylation sites is 1. The van der Waals surface area contributed by atoms with Crippen LogP contribution in [0.5, 0.6) is 11.5 Å². The standard InChI is InChI=1S/C22H20F3N3O3S/c1-2-28-17(14-7-8-18-19(11-14)31-10-9-30-18)12-26-21(28)32-13-20(29)27-16-6-4-3-5-15(16)22(23,24)25/h3-8,11-12H,2,9-10,13H2,1H3,(H,27,29). The van der Waals surface area contributed by atoms with Gasteiger partial charge in [0.1, 0.15) is 13.2 Å². The maximum absolute atomic E-state index is 13.1.